The molecule has 0 aromatic heterocycles. The number of halogens is 1. The Kier molecular flexibility index (Phi) is 8.18. The van der Waals surface area contributed by atoms with Gasteiger partial charge in [0.15, 0.2) is 0 Å². The largest absolute Gasteiger partial charge is 0.354 e. The van der Waals surface area contributed by atoms with E-state index >= 15 is 0 Å². The molecule has 0 aliphatic rings. The molecule has 0 fully saturated rings. The average Bonchev–Trinajstić information content (AvgIpc) is 2.52. The number of carbonyl (C=O) groups excluding carboxylic acids is 1. The van der Waals surface area contributed by atoms with Crippen molar-refractivity contribution in [1.29, 1.82) is 0 Å². The van der Waals surface area contributed by atoms with Crippen molar-refractivity contribution in [3.05, 3.63) is 30.1 Å². The maximum Gasteiger partial charge on any atom is 0.240 e. The highest BCUT2D eigenvalue weighted by Crippen LogP contribution is 2.21. The van der Waals surface area contributed by atoms with Crippen LogP contribution in [0.25, 0.3) is 0 Å². The standard InChI is InChI=1S/C17H27FN2O3S/c1-4-6-9-14(5-2)12-19-17(21)13-20(24(3,22)23)16-11-8-7-10-15(16)18/h7-8,10-11,14H,4-6,9,12-13H2,1-3H3,(H,19,21)/t14-/m0/s1. The quantitative estimate of drug-likeness (QED) is 0.699. The first-order valence-corrected chi connectivity index (χ1v) is 10.1. The number of para-hydroxylation sites is 1. The molecule has 0 radical (unpaired) electrons. The first-order chi connectivity index (χ1) is 11.3. The van der Waals surface area contributed by atoms with Crippen LogP contribution >= 0.6 is 0 Å². The van der Waals surface area contributed by atoms with Gasteiger partial charge in [0.1, 0.15) is 12.4 Å². The number of carbonyl (C=O) groups is 1. The predicted molar refractivity (Wildman–Crippen MR) is 94.9 cm³/mol. The highest BCUT2D eigenvalue weighted by Gasteiger charge is 2.23. The van der Waals surface area contributed by atoms with E-state index in [-0.39, 0.29) is 5.69 Å². The summed E-state index contributed by atoms with van der Waals surface area (Å²) in [6.07, 6.45) is 5.13. The molecule has 1 aromatic rings. The van der Waals surface area contributed by atoms with E-state index in [1.807, 2.05) is 0 Å². The van der Waals surface area contributed by atoms with Crippen molar-refractivity contribution >= 4 is 21.6 Å². The number of amides is 1. The highest BCUT2D eigenvalue weighted by atomic mass is 32.2. The van der Waals surface area contributed by atoms with Crippen molar-refractivity contribution in [2.24, 2.45) is 5.92 Å². The second-order valence-corrected chi connectivity index (χ2v) is 7.85. The summed E-state index contributed by atoms with van der Waals surface area (Å²) in [6, 6.07) is 5.52. The molecule has 0 bridgehead atoms. The summed E-state index contributed by atoms with van der Waals surface area (Å²) in [5.41, 5.74) is -0.117. The number of rotatable bonds is 10. The normalized spacial score (nSPS) is 12.7. The summed E-state index contributed by atoms with van der Waals surface area (Å²) in [5.74, 6) is -0.738. The molecule has 0 saturated carbocycles. The third-order valence-electron chi connectivity index (χ3n) is 3.94. The lowest BCUT2D eigenvalue weighted by Gasteiger charge is -2.23. The first-order valence-electron chi connectivity index (χ1n) is 8.28. The fourth-order valence-corrected chi connectivity index (χ4v) is 3.28. The SMILES string of the molecule is CCCC[C@H](CC)CNC(=O)CN(c1ccccc1F)S(C)(=O)=O. The molecular formula is C17H27FN2O3S. The first kappa shape index (κ1) is 20.4. The monoisotopic (exact) mass is 358 g/mol. The van der Waals surface area contributed by atoms with E-state index in [0.717, 1.165) is 36.2 Å². The molecule has 5 nitrogen and oxygen atoms in total. The molecule has 0 spiro atoms. The Balaban J connectivity index is 2.75. The van der Waals surface area contributed by atoms with Gasteiger partial charge in [-0.05, 0) is 24.5 Å². The van der Waals surface area contributed by atoms with Crippen LogP contribution in [-0.4, -0.2) is 33.7 Å². The minimum absolute atomic E-state index is 0.117. The van der Waals surface area contributed by atoms with Gasteiger partial charge in [0.25, 0.3) is 0 Å². The Morgan fingerprint density at radius 3 is 2.50 bits per heavy atom. The van der Waals surface area contributed by atoms with Gasteiger partial charge in [-0.25, -0.2) is 12.8 Å². The van der Waals surface area contributed by atoms with Crippen LogP contribution in [-0.2, 0) is 14.8 Å². The molecule has 0 aliphatic carbocycles. The maximum absolute atomic E-state index is 13.9. The summed E-state index contributed by atoms with van der Waals surface area (Å²) < 4.78 is 38.6. The zero-order valence-corrected chi connectivity index (χ0v) is 15.4. The third-order valence-corrected chi connectivity index (χ3v) is 5.07. The van der Waals surface area contributed by atoms with E-state index in [4.69, 9.17) is 0 Å². The molecule has 1 aromatic carbocycles. The van der Waals surface area contributed by atoms with Gasteiger partial charge in [-0.3, -0.25) is 9.10 Å². The third kappa shape index (κ3) is 6.47. The van der Waals surface area contributed by atoms with Crippen molar-refractivity contribution < 1.29 is 17.6 Å². The summed E-state index contributed by atoms with van der Waals surface area (Å²) >= 11 is 0. The van der Waals surface area contributed by atoms with Crippen LogP contribution in [0.5, 0.6) is 0 Å². The predicted octanol–water partition coefficient (Wildman–Crippen LogP) is 2.92. The summed E-state index contributed by atoms with van der Waals surface area (Å²) in [7, 11) is -3.76. The maximum atomic E-state index is 13.9. The Labute approximate surface area is 144 Å². The number of benzene rings is 1. The molecule has 24 heavy (non-hydrogen) atoms. The minimum Gasteiger partial charge on any atom is -0.354 e. The van der Waals surface area contributed by atoms with E-state index in [2.05, 4.69) is 19.2 Å². The number of hydrogen-bond donors (Lipinski definition) is 1. The highest BCUT2D eigenvalue weighted by molar-refractivity contribution is 7.92. The second-order valence-electron chi connectivity index (χ2n) is 5.94. The van der Waals surface area contributed by atoms with Gasteiger partial charge in [-0.15, -0.1) is 0 Å². The van der Waals surface area contributed by atoms with Crippen LogP contribution in [0.1, 0.15) is 39.5 Å². The lowest BCUT2D eigenvalue weighted by atomic mass is 9.99. The summed E-state index contributed by atoms with van der Waals surface area (Å²) in [6.45, 7) is 4.26. The van der Waals surface area contributed by atoms with E-state index < -0.39 is 28.3 Å². The van der Waals surface area contributed by atoms with E-state index in [1.165, 1.54) is 24.3 Å². The smallest absolute Gasteiger partial charge is 0.240 e. The van der Waals surface area contributed by atoms with Crippen LogP contribution in [0.2, 0.25) is 0 Å². The summed E-state index contributed by atoms with van der Waals surface area (Å²) in [4.78, 5) is 12.1. The van der Waals surface area contributed by atoms with Gasteiger partial charge in [-0.1, -0.05) is 45.2 Å². The average molecular weight is 358 g/mol. The fourth-order valence-electron chi connectivity index (χ4n) is 2.42. The lowest BCUT2D eigenvalue weighted by Crippen LogP contribution is -2.42. The van der Waals surface area contributed by atoms with Gasteiger partial charge < -0.3 is 5.32 Å². The molecule has 1 N–H and O–H groups in total. The number of sulfonamides is 1. The molecular weight excluding hydrogens is 331 g/mol. The molecule has 136 valence electrons. The number of anilines is 1. The number of unbranched alkanes of at least 4 members (excludes halogenated alkanes) is 1. The molecule has 1 amide bonds. The van der Waals surface area contributed by atoms with Crippen LogP contribution in [0.15, 0.2) is 24.3 Å². The van der Waals surface area contributed by atoms with Gasteiger partial charge in [0, 0.05) is 6.54 Å². The molecule has 0 heterocycles. The minimum atomic E-state index is -3.76. The molecule has 7 heteroatoms. The van der Waals surface area contributed by atoms with Gasteiger partial charge in [0.05, 0.1) is 11.9 Å². The number of nitrogens with one attached hydrogen (secondary N) is 1. The van der Waals surface area contributed by atoms with Crippen molar-refractivity contribution in [3.63, 3.8) is 0 Å². The second kappa shape index (κ2) is 9.61. The molecule has 0 aliphatic heterocycles. The Morgan fingerprint density at radius 2 is 1.96 bits per heavy atom. The topological polar surface area (TPSA) is 66.5 Å². The molecule has 0 saturated heterocycles. The summed E-state index contributed by atoms with van der Waals surface area (Å²) in [5, 5.41) is 2.77. The van der Waals surface area contributed by atoms with Gasteiger partial charge >= 0.3 is 0 Å². The lowest BCUT2D eigenvalue weighted by molar-refractivity contribution is -0.119. The van der Waals surface area contributed by atoms with Crippen molar-refractivity contribution in [3.8, 4) is 0 Å². The van der Waals surface area contributed by atoms with E-state index in [1.54, 1.807) is 0 Å². The number of hydrogen-bond acceptors (Lipinski definition) is 3. The Hall–Kier alpha value is -1.63. The van der Waals surface area contributed by atoms with Crippen LogP contribution < -0.4 is 9.62 Å². The van der Waals surface area contributed by atoms with Crippen LogP contribution in [0.4, 0.5) is 10.1 Å². The van der Waals surface area contributed by atoms with Crippen LogP contribution in [0, 0.1) is 11.7 Å². The van der Waals surface area contributed by atoms with Gasteiger partial charge in [0.2, 0.25) is 15.9 Å². The van der Waals surface area contributed by atoms with Crippen molar-refractivity contribution in [1.82, 2.24) is 5.32 Å². The zero-order valence-electron chi connectivity index (χ0n) is 14.6. The van der Waals surface area contributed by atoms with Crippen LogP contribution in [0.3, 0.4) is 0 Å². The van der Waals surface area contributed by atoms with Crippen molar-refractivity contribution in [2.75, 3.05) is 23.7 Å². The molecule has 0 unspecified atom stereocenters. The fraction of sp³-hybridized carbons (Fsp3) is 0.588. The number of nitrogens with zero attached hydrogens (tertiary/aromatic N) is 1. The Bertz CT molecular complexity index is 634. The van der Waals surface area contributed by atoms with E-state index in [0.29, 0.717) is 12.5 Å². The Morgan fingerprint density at radius 1 is 1.29 bits per heavy atom. The molecule has 1 atom stereocenters. The van der Waals surface area contributed by atoms with Gasteiger partial charge in [-0.2, -0.15) is 0 Å². The molecule has 1 rings (SSSR count). The zero-order chi connectivity index (χ0) is 18.2. The van der Waals surface area contributed by atoms with Crippen molar-refractivity contribution in [2.45, 2.75) is 39.5 Å². The van der Waals surface area contributed by atoms with E-state index in [9.17, 15) is 17.6 Å².